The minimum Gasteiger partial charge on any atom is -0.548 e. The van der Waals surface area contributed by atoms with Crippen molar-refractivity contribution in [2.45, 2.75) is 43.2 Å². The van der Waals surface area contributed by atoms with Gasteiger partial charge in [-0.15, -0.1) is 0 Å². The highest BCUT2D eigenvalue weighted by Gasteiger charge is 2.35. The van der Waals surface area contributed by atoms with Gasteiger partial charge in [0.2, 0.25) is 11.8 Å². The van der Waals surface area contributed by atoms with Crippen LogP contribution in [0.2, 0.25) is 0 Å². The van der Waals surface area contributed by atoms with Crippen LogP contribution in [-0.4, -0.2) is 39.5 Å². The lowest BCUT2D eigenvalue weighted by Gasteiger charge is -2.26. The summed E-state index contributed by atoms with van der Waals surface area (Å²) in [7, 11) is 3.21. The predicted molar refractivity (Wildman–Crippen MR) is 86.3 cm³/mol. The van der Waals surface area contributed by atoms with Gasteiger partial charge in [0.1, 0.15) is 5.03 Å². The lowest BCUT2D eigenvalue weighted by Crippen LogP contribution is -2.50. The van der Waals surface area contributed by atoms with Gasteiger partial charge in [0.25, 0.3) is 0 Å². The number of hydrogen-bond acceptors (Lipinski definition) is 7. The molecule has 0 N–H and O–H groups in total. The highest BCUT2D eigenvalue weighted by molar-refractivity contribution is 8.76. The molecule has 23 heavy (non-hydrogen) atoms. The van der Waals surface area contributed by atoms with E-state index in [1.54, 1.807) is 27.8 Å². The zero-order valence-corrected chi connectivity index (χ0v) is 14.1. The number of carboxylic acid groups (broad SMARTS) is 1. The molecular weight excluding hydrogens is 336 g/mol. The van der Waals surface area contributed by atoms with Crippen molar-refractivity contribution in [2.75, 3.05) is 5.75 Å². The summed E-state index contributed by atoms with van der Waals surface area (Å²) >= 11 is 0. The number of aliphatic carboxylic acids is 1. The minimum absolute atomic E-state index is 0.0964. The van der Waals surface area contributed by atoms with Gasteiger partial charge in [-0.05, 0) is 35.8 Å². The third-order valence-electron chi connectivity index (χ3n) is 3.41. The van der Waals surface area contributed by atoms with Gasteiger partial charge in [-0.25, -0.2) is 4.98 Å². The first-order valence-corrected chi connectivity index (χ1v) is 9.67. The molecule has 0 spiro atoms. The summed E-state index contributed by atoms with van der Waals surface area (Å²) in [6, 6.07) is 4.57. The Morgan fingerprint density at radius 1 is 1.26 bits per heavy atom. The molecule has 2 amide bonds. The first kappa shape index (κ1) is 17.8. The Kier molecular flexibility index (Phi) is 6.91. The van der Waals surface area contributed by atoms with Gasteiger partial charge < -0.3 is 9.90 Å². The molecule has 1 aliphatic heterocycles. The number of rotatable bonds is 9. The number of unbranched alkanes of at least 4 members (excludes halogenated alkanes) is 1. The van der Waals surface area contributed by atoms with E-state index >= 15 is 0 Å². The van der Waals surface area contributed by atoms with Crippen LogP contribution in [-0.2, 0) is 14.4 Å². The number of carbonyl (C=O) groups excluding carboxylic acids is 3. The van der Waals surface area contributed by atoms with E-state index in [4.69, 9.17) is 0 Å². The molecule has 0 aliphatic carbocycles. The average molecular weight is 353 g/mol. The first-order chi connectivity index (χ1) is 11.1. The van der Waals surface area contributed by atoms with Crippen LogP contribution in [0.4, 0.5) is 0 Å². The summed E-state index contributed by atoms with van der Waals surface area (Å²) in [6.45, 7) is 0. The molecule has 6 nitrogen and oxygen atoms in total. The average Bonchev–Trinajstić information content (AvgIpc) is 2.86. The molecule has 124 valence electrons. The number of pyridine rings is 1. The smallest absolute Gasteiger partial charge is 0.230 e. The molecule has 1 aliphatic rings. The Balaban J connectivity index is 1.70. The van der Waals surface area contributed by atoms with Crippen molar-refractivity contribution in [3.63, 3.8) is 0 Å². The second-order valence-corrected chi connectivity index (χ2v) is 7.50. The fraction of sp³-hybridized carbons (Fsp3) is 0.467. The molecule has 1 aromatic heterocycles. The zero-order valence-electron chi connectivity index (χ0n) is 12.5. The van der Waals surface area contributed by atoms with Gasteiger partial charge in [-0.2, -0.15) is 0 Å². The SMILES string of the molecule is O=C([O-])C(CCCCSSc1ccccn1)N1C(=O)CCC1=O. The van der Waals surface area contributed by atoms with E-state index in [9.17, 15) is 19.5 Å². The lowest BCUT2D eigenvalue weighted by atomic mass is 10.1. The number of hydrogen-bond donors (Lipinski definition) is 0. The highest BCUT2D eigenvalue weighted by atomic mass is 33.1. The van der Waals surface area contributed by atoms with Crippen LogP contribution in [0.25, 0.3) is 0 Å². The molecule has 0 bridgehead atoms. The van der Waals surface area contributed by atoms with Gasteiger partial charge in [-0.3, -0.25) is 14.5 Å². The molecule has 0 saturated carbocycles. The molecule has 0 radical (unpaired) electrons. The Morgan fingerprint density at radius 3 is 2.61 bits per heavy atom. The summed E-state index contributed by atoms with van der Waals surface area (Å²) in [5, 5.41) is 12.1. The van der Waals surface area contributed by atoms with Crippen LogP contribution >= 0.6 is 21.6 Å². The monoisotopic (exact) mass is 353 g/mol. The summed E-state index contributed by atoms with van der Waals surface area (Å²) < 4.78 is 0. The van der Waals surface area contributed by atoms with Gasteiger partial charge in [-0.1, -0.05) is 23.3 Å². The number of nitrogens with zero attached hydrogens (tertiary/aromatic N) is 2. The number of aromatic nitrogens is 1. The first-order valence-electron chi connectivity index (χ1n) is 7.36. The van der Waals surface area contributed by atoms with Gasteiger partial charge >= 0.3 is 0 Å². The fourth-order valence-electron chi connectivity index (χ4n) is 2.29. The van der Waals surface area contributed by atoms with Crippen molar-refractivity contribution >= 4 is 39.4 Å². The zero-order chi connectivity index (χ0) is 16.7. The van der Waals surface area contributed by atoms with E-state index in [-0.39, 0.29) is 19.3 Å². The van der Waals surface area contributed by atoms with Gasteiger partial charge in [0, 0.05) is 24.8 Å². The van der Waals surface area contributed by atoms with Crippen LogP contribution < -0.4 is 5.11 Å². The van der Waals surface area contributed by atoms with Crippen LogP contribution in [0, 0.1) is 0 Å². The number of carbonyl (C=O) groups is 3. The van der Waals surface area contributed by atoms with Crippen LogP contribution in [0.15, 0.2) is 29.4 Å². The molecule has 2 heterocycles. The molecule has 2 rings (SSSR count). The number of carboxylic acids is 1. The van der Waals surface area contributed by atoms with Crippen molar-refractivity contribution in [2.24, 2.45) is 0 Å². The van der Waals surface area contributed by atoms with E-state index in [0.29, 0.717) is 6.42 Å². The molecule has 1 aromatic rings. The van der Waals surface area contributed by atoms with Crippen LogP contribution in [0.1, 0.15) is 32.1 Å². The van der Waals surface area contributed by atoms with Crippen molar-refractivity contribution in [1.82, 2.24) is 9.88 Å². The standard InChI is InChI=1S/C15H18N2O4S2/c18-13-7-8-14(19)17(13)11(15(20)21)5-2-4-10-22-23-12-6-1-3-9-16-12/h1,3,6,9,11H,2,4-5,7-8,10H2,(H,20,21)/p-1. The normalized spacial score (nSPS) is 15.9. The summed E-state index contributed by atoms with van der Waals surface area (Å²) in [6.07, 6.45) is 3.58. The van der Waals surface area contributed by atoms with Crippen LogP contribution in [0.3, 0.4) is 0 Å². The third-order valence-corrected chi connectivity index (χ3v) is 5.76. The Labute approximate surface area is 142 Å². The Morgan fingerprint density at radius 2 is 2.00 bits per heavy atom. The maximum Gasteiger partial charge on any atom is 0.230 e. The molecule has 1 fully saturated rings. The predicted octanol–water partition coefficient (Wildman–Crippen LogP) is 1.26. The van der Waals surface area contributed by atoms with Crippen molar-refractivity contribution in [3.05, 3.63) is 24.4 Å². The topological polar surface area (TPSA) is 90.4 Å². The Bertz CT molecular complexity index is 552. The quantitative estimate of drug-likeness (QED) is 0.375. The van der Waals surface area contributed by atoms with Crippen molar-refractivity contribution in [1.29, 1.82) is 0 Å². The van der Waals surface area contributed by atoms with Gasteiger partial charge in [0.05, 0.1) is 12.0 Å². The summed E-state index contributed by atoms with van der Waals surface area (Å²) in [5.74, 6) is -1.35. The van der Waals surface area contributed by atoms with Crippen LogP contribution in [0.5, 0.6) is 0 Å². The maximum absolute atomic E-state index is 11.6. The minimum atomic E-state index is -1.36. The highest BCUT2D eigenvalue weighted by Crippen LogP contribution is 2.30. The molecule has 0 aromatic carbocycles. The van der Waals surface area contributed by atoms with Crippen molar-refractivity contribution in [3.8, 4) is 0 Å². The molecule has 1 saturated heterocycles. The van der Waals surface area contributed by atoms with E-state index in [1.807, 2.05) is 18.2 Å². The number of amides is 2. The van der Waals surface area contributed by atoms with Crippen molar-refractivity contribution < 1.29 is 19.5 Å². The molecule has 8 heteroatoms. The van der Waals surface area contributed by atoms with E-state index < -0.39 is 23.8 Å². The second-order valence-electron chi connectivity index (χ2n) is 5.06. The summed E-state index contributed by atoms with van der Waals surface area (Å²) in [4.78, 5) is 39.5. The summed E-state index contributed by atoms with van der Waals surface area (Å²) in [5.41, 5.74) is 0. The molecule has 1 unspecified atom stereocenters. The largest absolute Gasteiger partial charge is 0.548 e. The molecular formula is C15H17N2O4S2-. The lowest BCUT2D eigenvalue weighted by molar-refractivity contribution is -0.311. The Hall–Kier alpha value is -1.54. The number of likely N-dealkylation sites (tertiary alicyclic amines) is 1. The maximum atomic E-state index is 11.6. The second kappa shape index (κ2) is 8.93. The fourth-order valence-corrected chi connectivity index (χ4v) is 4.32. The van der Waals surface area contributed by atoms with E-state index in [2.05, 4.69) is 4.98 Å². The number of imide groups is 1. The third kappa shape index (κ3) is 5.24. The molecule has 1 atom stereocenters. The van der Waals surface area contributed by atoms with E-state index in [1.165, 1.54) is 0 Å². The van der Waals surface area contributed by atoms with E-state index in [0.717, 1.165) is 22.1 Å². The van der Waals surface area contributed by atoms with Gasteiger partial charge in [0.15, 0.2) is 0 Å².